The molecule has 100 valence electrons. The van der Waals surface area contributed by atoms with Crippen molar-refractivity contribution in [1.29, 1.82) is 0 Å². The lowest BCUT2D eigenvalue weighted by atomic mass is 9.87. The molecule has 17 heavy (non-hydrogen) atoms. The smallest absolute Gasteiger partial charge is 0.249 e. The van der Waals surface area contributed by atoms with Crippen molar-refractivity contribution in [2.45, 2.75) is 66.0 Å². The fraction of sp³-hybridized carbons (Fsp3) is 0.846. The summed E-state index contributed by atoms with van der Waals surface area (Å²) in [6, 6.07) is 0. The standard InChI is InChI=1S/C13H25NO3/c1-12(2,3)10(16)8-7-9(15)11(17)14-13(4,5)6/h9,15H,7-8H2,1-6H3,(H,14,17)/t9-/m0/s1. The highest BCUT2D eigenvalue weighted by atomic mass is 16.3. The lowest BCUT2D eigenvalue weighted by molar-refractivity contribution is -0.132. The number of nitrogens with one attached hydrogen (secondary N) is 1. The van der Waals surface area contributed by atoms with E-state index in [2.05, 4.69) is 5.32 Å². The second-order valence-corrected chi connectivity index (χ2v) is 6.47. The van der Waals surface area contributed by atoms with Gasteiger partial charge in [0, 0.05) is 17.4 Å². The summed E-state index contributed by atoms with van der Waals surface area (Å²) in [5, 5.41) is 12.3. The summed E-state index contributed by atoms with van der Waals surface area (Å²) in [5.74, 6) is -0.362. The van der Waals surface area contributed by atoms with Crippen LogP contribution in [0.4, 0.5) is 0 Å². The minimum Gasteiger partial charge on any atom is -0.383 e. The Hall–Kier alpha value is -0.900. The van der Waals surface area contributed by atoms with Crippen LogP contribution in [0.2, 0.25) is 0 Å². The van der Waals surface area contributed by atoms with Crippen LogP contribution >= 0.6 is 0 Å². The molecule has 0 heterocycles. The summed E-state index contributed by atoms with van der Waals surface area (Å²) in [5.41, 5.74) is -0.785. The van der Waals surface area contributed by atoms with E-state index in [-0.39, 0.29) is 24.2 Å². The second kappa shape index (κ2) is 5.63. The number of aliphatic hydroxyl groups is 1. The first kappa shape index (κ1) is 16.1. The van der Waals surface area contributed by atoms with Gasteiger partial charge in [-0.3, -0.25) is 9.59 Å². The summed E-state index contributed by atoms with van der Waals surface area (Å²) < 4.78 is 0. The largest absolute Gasteiger partial charge is 0.383 e. The topological polar surface area (TPSA) is 66.4 Å². The van der Waals surface area contributed by atoms with E-state index in [1.54, 1.807) is 0 Å². The molecule has 0 rings (SSSR count). The van der Waals surface area contributed by atoms with E-state index in [0.717, 1.165) is 0 Å². The lowest BCUT2D eigenvalue weighted by Crippen LogP contribution is -2.46. The first-order valence-corrected chi connectivity index (χ1v) is 5.97. The minimum atomic E-state index is -1.11. The molecule has 0 saturated carbocycles. The highest BCUT2D eigenvalue weighted by Crippen LogP contribution is 2.18. The van der Waals surface area contributed by atoms with Gasteiger partial charge < -0.3 is 10.4 Å². The molecule has 2 N–H and O–H groups in total. The van der Waals surface area contributed by atoms with E-state index in [1.165, 1.54) is 0 Å². The number of amides is 1. The van der Waals surface area contributed by atoms with Crippen LogP contribution in [-0.4, -0.2) is 28.4 Å². The number of rotatable bonds is 4. The number of Topliss-reactive ketones (excluding diaryl/α,β-unsaturated/α-hetero) is 1. The van der Waals surface area contributed by atoms with Crippen molar-refractivity contribution in [3.05, 3.63) is 0 Å². The summed E-state index contributed by atoms with van der Waals surface area (Å²) in [6.07, 6.45) is -0.708. The molecular formula is C13H25NO3. The van der Waals surface area contributed by atoms with E-state index in [9.17, 15) is 14.7 Å². The Morgan fingerprint density at radius 1 is 1.12 bits per heavy atom. The Morgan fingerprint density at radius 2 is 1.59 bits per heavy atom. The Kier molecular flexibility index (Phi) is 5.33. The monoisotopic (exact) mass is 243 g/mol. The second-order valence-electron chi connectivity index (χ2n) is 6.47. The Morgan fingerprint density at radius 3 is 1.94 bits per heavy atom. The maximum absolute atomic E-state index is 11.6. The van der Waals surface area contributed by atoms with Gasteiger partial charge in [0.15, 0.2) is 0 Å². The fourth-order valence-electron chi connectivity index (χ4n) is 1.23. The molecule has 0 fully saturated rings. The van der Waals surface area contributed by atoms with Crippen LogP contribution in [0.1, 0.15) is 54.4 Å². The normalized spacial score (nSPS) is 14.3. The predicted octanol–water partition coefficient (Wildman–Crippen LogP) is 1.66. The van der Waals surface area contributed by atoms with E-state index in [0.29, 0.717) is 0 Å². The number of hydrogen-bond donors (Lipinski definition) is 2. The third-order valence-corrected chi connectivity index (χ3v) is 2.28. The third kappa shape index (κ3) is 7.10. The summed E-state index contributed by atoms with van der Waals surface area (Å²) in [7, 11) is 0. The number of hydrogen-bond acceptors (Lipinski definition) is 3. The van der Waals surface area contributed by atoms with Gasteiger partial charge in [0.1, 0.15) is 11.9 Å². The van der Waals surface area contributed by atoms with E-state index in [1.807, 2.05) is 41.5 Å². The molecule has 0 spiro atoms. The highest BCUT2D eigenvalue weighted by molar-refractivity contribution is 5.85. The molecule has 0 aromatic rings. The van der Waals surface area contributed by atoms with Crippen molar-refractivity contribution in [2.75, 3.05) is 0 Å². The molecule has 0 radical (unpaired) electrons. The van der Waals surface area contributed by atoms with Crippen molar-refractivity contribution < 1.29 is 14.7 Å². The third-order valence-electron chi connectivity index (χ3n) is 2.28. The van der Waals surface area contributed by atoms with Gasteiger partial charge in [0.05, 0.1) is 0 Å². The quantitative estimate of drug-likeness (QED) is 0.789. The van der Waals surface area contributed by atoms with Crippen LogP contribution in [0.25, 0.3) is 0 Å². The summed E-state index contributed by atoms with van der Waals surface area (Å²) in [6.45, 7) is 11.0. The number of ketones is 1. The molecular weight excluding hydrogens is 218 g/mol. The van der Waals surface area contributed by atoms with Crippen molar-refractivity contribution in [1.82, 2.24) is 5.32 Å². The average Bonchev–Trinajstić information content (AvgIpc) is 2.08. The van der Waals surface area contributed by atoms with Gasteiger partial charge in [-0.15, -0.1) is 0 Å². The zero-order chi connectivity index (χ0) is 13.9. The molecule has 0 aliphatic rings. The van der Waals surface area contributed by atoms with Crippen molar-refractivity contribution in [3.63, 3.8) is 0 Å². The van der Waals surface area contributed by atoms with Gasteiger partial charge in [-0.25, -0.2) is 0 Å². The highest BCUT2D eigenvalue weighted by Gasteiger charge is 2.25. The number of carbonyl (C=O) groups excluding carboxylic acids is 2. The molecule has 0 aliphatic heterocycles. The van der Waals surface area contributed by atoms with Crippen LogP contribution < -0.4 is 5.32 Å². The van der Waals surface area contributed by atoms with E-state index >= 15 is 0 Å². The van der Waals surface area contributed by atoms with Crippen LogP contribution in [0.15, 0.2) is 0 Å². The molecule has 0 aromatic heterocycles. The summed E-state index contributed by atoms with van der Waals surface area (Å²) >= 11 is 0. The SMILES string of the molecule is CC(C)(C)NC(=O)[C@@H](O)CCC(=O)C(C)(C)C. The number of carbonyl (C=O) groups is 2. The molecule has 4 nitrogen and oxygen atoms in total. The fourth-order valence-corrected chi connectivity index (χ4v) is 1.23. The maximum atomic E-state index is 11.6. The van der Waals surface area contributed by atoms with Crippen LogP contribution in [0, 0.1) is 5.41 Å². The molecule has 0 saturated heterocycles. The van der Waals surface area contributed by atoms with Gasteiger partial charge in [0.2, 0.25) is 5.91 Å². The number of aliphatic hydroxyl groups excluding tert-OH is 1. The Balaban J connectivity index is 4.16. The lowest BCUT2D eigenvalue weighted by Gasteiger charge is -2.23. The van der Waals surface area contributed by atoms with E-state index in [4.69, 9.17) is 0 Å². The van der Waals surface area contributed by atoms with Gasteiger partial charge in [-0.05, 0) is 27.2 Å². The van der Waals surface area contributed by atoms with Crippen LogP contribution in [0.3, 0.4) is 0 Å². The first-order chi connectivity index (χ1) is 7.43. The molecule has 0 aliphatic carbocycles. The van der Waals surface area contributed by atoms with Crippen LogP contribution in [-0.2, 0) is 9.59 Å². The zero-order valence-corrected chi connectivity index (χ0v) is 11.8. The first-order valence-electron chi connectivity index (χ1n) is 5.97. The molecule has 1 atom stereocenters. The average molecular weight is 243 g/mol. The minimum absolute atomic E-state index is 0.0557. The molecule has 0 aromatic carbocycles. The van der Waals surface area contributed by atoms with E-state index < -0.39 is 17.4 Å². The van der Waals surface area contributed by atoms with Crippen molar-refractivity contribution in [2.24, 2.45) is 5.41 Å². The van der Waals surface area contributed by atoms with Crippen LogP contribution in [0.5, 0.6) is 0 Å². The molecule has 0 unspecified atom stereocenters. The Labute approximate surface area is 104 Å². The summed E-state index contributed by atoms with van der Waals surface area (Å²) in [4.78, 5) is 23.2. The molecule has 4 heteroatoms. The van der Waals surface area contributed by atoms with Gasteiger partial charge in [-0.1, -0.05) is 20.8 Å². The van der Waals surface area contributed by atoms with Gasteiger partial charge in [-0.2, -0.15) is 0 Å². The van der Waals surface area contributed by atoms with Gasteiger partial charge in [0.25, 0.3) is 0 Å². The zero-order valence-electron chi connectivity index (χ0n) is 11.8. The van der Waals surface area contributed by atoms with Gasteiger partial charge >= 0.3 is 0 Å². The van der Waals surface area contributed by atoms with Crippen molar-refractivity contribution in [3.8, 4) is 0 Å². The Bertz CT molecular complexity index is 284. The molecule has 1 amide bonds. The molecule has 0 bridgehead atoms. The predicted molar refractivity (Wildman–Crippen MR) is 67.6 cm³/mol. The van der Waals surface area contributed by atoms with Crippen molar-refractivity contribution >= 4 is 11.7 Å². The maximum Gasteiger partial charge on any atom is 0.249 e.